The molecule has 6 heteroatoms. The van der Waals surface area contributed by atoms with Crippen molar-refractivity contribution < 1.29 is 4.79 Å². The van der Waals surface area contributed by atoms with Gasteiger partial charge in [-0.15, -0.1) is 5.10 Å². The van der Waals surface area contributed by atoms with Gasteiger partial charge in [0.25, 0.3) is 0 Å². The summed E-state index contributed by atoms with van der Waals surface area (Å²) in [5, 5.41) is 11.1. The molecule has 0 saturated heterocycles. The molecule has 2 aromatic carbocycles. The Labute approximate surface area is 139 Å². The lowest BCUT2D eigenvalue weighted by Gasteiger charge is -2.21. The summed E-state index contributed by atoms with van der Waals surface area (Å²) in [6.45, 7) is 2.96. The largest absolute Gasteiger partial charge is 0.322 e. The van der Waals surface area contributed by atoms with E-state index in [0.29, 0.717) is 13.1 Å². The normalized spacial score (nSPS) is 13.0. The van der Waals surface area contributed by atoms with Crippen molar-refractivity contribution in [1.29, 1.82) is 0 Å². The summed E-state index contributed by atoms with van der Waals surface area (Å²) >= 11 is 0. The first kappa shape index (κ1) is 14.4. The van der Waals surface area contributed by atoms with Crippen molar-refractivity contribution in [2.75, 3.05) is 5.32 Å². The summed E-state index contributed by atoms with van der Waals surface area (Å²) < 4.78 is 1.80. The van der Waals surface area contributed by atoms with Gasteiger partial charge in [-0.05, 0) is 30.2 Å². The van der Waals surface area contributed by atoms with Crippen LogP contribution in [0.3, 0.4) is 0 Å². The average Bonchev–Trinajstić information content (AvgIpc) is 2.99. The number of nitrogens with zero attached hydrogens (tertiary/aromatic N) is 4. The first-order valence-electron chi connectivity index (χ1n) is 7.82. The molecule has 0 spiro atoms. The predicted molar refractivity (Wildman–Crippen MR) is 90.8 cm³/mol. The molecule has 6 nitrogen and oxygen atoms in total. The predicted octanol–water partition coefficient (Wildman–Crippen LogP) is 3.12. The molecule has 2 amide bonds. The van der Waals surface area contributed by atoms with Gasteiger partial charge >= 0.3 is 6.03 Å². The highest BCUT2D eigenvalue weighted by molar-refractivity contribution is 5.90. The second-order valence-electron chi connectivity index (χ2n) is 5.87. The summed E-state index contributed by atoms with van der Waals surface area (Å²) in [7, 11) is 0. The molecule has 0 unspecified atom stereocenters. The third-order valence-corrected chi connectivity index (χ3v) is 4.23. The van der Waals surface area contributed by atoms with Crippen LogP contribution in [0.2, 0.25) is 0 Å². The summed E-state index contributed by atoms with van der Waals surface area (Å²) in [4.78, 5) is 14.6. The third-order valence-electron chi connectivity index (χ3n) is 4.23. The van der Waals surface area contributed by atoms with E-state index in [-0.39, 0.29) is 6.03 Å². The zero-order valence-corrected chi connectivity index (χ0v) is 13.3. The second-order valence-corrected chi connectivity index (χ2v) is 5.87. The number of aryl methyl sites for hydroxylation is 1. The van der Waals surface area contributed by atoms with E-state index in [9.17, 15) is 4.79 Å². The van der Waals surface area contributed by atoms with Crippen molar-refractivity contribution in [3.05, 3.63) is 71.5 Å². The average molecular weight is 319 g/mol. The van der Waals surface area contributed by atoms with Crippen LogP contribution in [0.5, 0.6) is 0 Å². The van der Waals surface area contributed by atoms with E-state index in [2.05, 4.69) is 15.6 Å². The second kappa shape index (κ2) is 5.81. The Balaban J connectivity index is 1.66. The Morgan fingerprint density at radius 3 is 2.75 bits per heavy atom. The van der Waals surface area contributed by atoms with E-state index in [1.165, 1.54) is 0 Å². The summed E-state index contributed by atoms with van der Waals surface area (Å²) in [6, 6.07) is 15.6. The number of hydrogen-bond acceptors (Lipinski definition) is 3. The Morgan fingerprint density at radius 2 is 1.88 bits per heavy atom. The Morgan fingerprint density at radius 1 is 1.08 bits per heavy atom. The minimum absolute atomic E-state index is 0.131. The van der Waals surface area contributed by atoms with Crippen molar-refractivity contribution in [2.45, 2.75) is 20.0 Å². The van der Waals surface area contributed by atoms with Gasteiger partial charge in [0, 0.05) is 12.2 Å². The molecule has 120 valence electrons. The standard InChI is InChI=1S/C18H17N5O/c1-13-6-2-4-8-16(13)20-18(24)22-11-14-7-3-5-9-17(14)23-15(12-22)10-19-21-23/h2-10H,11-12H2,1H3,(H,20,24). The van der Waals surface area contributed by atoms with Crippen LogP contribution in [0.1, 0.15) is 16.8 Å². The maximum atomic E-state index is 12.8. The maximum Gasteiger partial charge on any atom is 0.322 e. The molecule has 1 N–H and O–H groups in total. The highest BCUT2D eigenvalue weighted by atomic mass is 16.2. The lowest BCUT2D eigenvalue weighted by Crippen LogP contribution is -2.33. The van der Waals surface area contributed by atoms with Crippen molar-refractivity contribution in [3.8, 4) is 5.69 Å². The molecule has 1 aliphatic rings. The summed E-state index contributed by atoms with van der Waals surface area (Å²) in [6.07, 6.45) is 1.70. The quantitative estimate of drug-likeness (QED) is 0.749. The lowest BCUT2D eigenvalue weighted by molar-refractivity contribution is 0.206. The van der Waals surface area contributed by atoms with Crippen LogP contribution in [-0.2, 0) is 13.1 Å². The van der Waals surface area contributed by atoms with Crippen molar-refractivity contribution in [1.82, 2.24) is 19.9 Å². The molecule has 0 saturated carbocycles. The van der Waals surface area contributed by atoms with Crippen molar-refractivity contribution in [2.24, 2.45) is 0 Å². The molecule has 0 fully saturated rings. The van der Waals surface area contributed by atoms with Gasteiger partial charge in [0.1, 0.15) is 0 Å². The smallest absolute Gasteiger partial charge is 0.314 e. The Kier molecular flexibility index (Phi) is 3.49. The molecule has 1 aromatic heterocycles. The molecule has 3 aromatic rings. The number of benzene rings is 2. The SMILES string of the molecule is Cc1ccccc1NC(=O)N1Cc2ccccc2-n2nncc2C1. The monoisotopic (exact) mass is 319 g/mol. The van der Waals surface area contributed by atoms with Gasteiger partial charge in [0.15, 0.2) is 0 Å². The van der Waals surface area contributed by atoms with Crippen molar-refractivity contribution >= 4 is 11.7 Å². The fraction of sp³-hybridized carbons (Fsp3) is 0.167. The van der Waals surface area contributed by atoms with Crippen LogP contribution in [0.15, 0.2) is 54.7 Å². The number of carbonyl (C=O) groups excluding carboxylic acids is 1. The number of anilines is 1. The van der Waals surface area contributed by atoms with Crippen LogP contribution >= 0.6 is 0 Å². The van der Waals surface area contributed by atoms with Crippen LogP contribution in [0.4, 0.5) is 10.5 Å². The Bertz CT molecular complexity index is 902. The number of hydrogen-bond donors (Lipinski definition) is 1. The van der Waals surface area contributed by atoms with Gasteiger partial charge in [0.05, 0.1) is 24.1 Å². The number of amides is 2. The number of urea groups is 1. The highest BCUT2D eigenvalue weighted by Crippen LogP contribution is 2.24. The van der Waals surface area contributed by atoms with E-state index in [4.69, 9.17) is 0 Å². The van der Waals surface area contributed by atoms with Crippen LogP contribution < -0.4 is 5.32 Å². The van der Waals surface area contributed by atoms with E-state index in [0.717, 1.165) is 28.2 Å². The fourth-order valence-corrected chi connectivity index (χ4v) is 2.93. The number of rotatable bonds is 1. The minimum atomic E-state index is -0.131. The van der Waals surface area contributed by atoms with Gasteiger partial charge in [0.2, 0.25) is 0 Å². The van der Waals surface area contributed by atoms with E-state index >= 15 is 0 Å². The molecule has 4 rings (SSSR count). The van der Waals surface area contributed by atoms with Gasteiger partial charge in [-0.3, -0.25) is 0 Å². The Hall–Kier alpha value is -3.15. The number of carbonyl (C=O) groups is 1. The molecular formula is C18H17N5O. The lowest BCUT2D eigenvalue weighted by atomic mass is 10.1. The molecular weight excluding hydrogens is 302 g/mol. The molecule has 0 bridgehead atoms. The number of aromatic nitrogens is 3. The van der Waals surface area contributed by atoms with Gasteiger partial charge in [-0.25, -0.2) is 9.48 Å². The minimum Gasteiger partial charge on any atom is -0.314 e. The highest BCUT2D eigenvalue weighted by Gasteiger charge is 2.23. The summed E-state index contributed by atoms with van der Waals surface area (Å²) in [5.41, 5.74) is 4.76. The zero-order valence-electron chi connectivity index (χ0n) is 13.3. The number of fused-ring (bicyclic) bond motifs is 3. The maximum absolute atomic E-state index is 12.8. The summed E-state index contributed by atoms with van der Waals surface area (Å²) in [5.74, 6) is 0. The van der Waals surface area contributed by atoms with Crippen LogP contribution in [0.25, 0.3) is 5.69 Å². The van der Waals surface area contributed by atoms with Crippen LogP contribution in [0, 0.1) is 6.92 Å². The van der Waals surface area contributed by atoms with Crippen LogP contribution in [-0.4, -0.2) is 25.9 Å². The topological polar surface area (TPSA) is 63.1 Å². The van der Waals surface area contributed by atoms with Gasteiger partial charge in [-0.1, -0.05) is 41.6 Å². The van der Waals surface area contributed by atoms with E-state index in [1.54, 1.807) is 15.8 Å². The molecule has 0 atom stereocenters. The molecule has 0 radical (unpaired) electrons. The molecule has 2 heterocycles. The molecule has 24 heavy (non-hydrogen) atoms. The van der Waals surface area contributed by atoms with Gasteiger partial charge < -0.3 is 10.2 Å². The molecule has 1 aliphatic heterocycles. The van der Waals surface area contributed by atoms with E-state index in [1.807, 2.05) is 55.5 Å². The first-order valence-corrected chi connectivity index (χ1v) is 7.82. The zero-order chi connectivity index (χ0) is 16.5. The van der Waals surface area contributed by atoms with E-state index < -0.39 is 0 Å². The number of para-hydroxylation sites is 2. The fourth-order valence-electron chi connectivity index (χ4n) is 2.93. The number of nitrogens with one attached hydrogen (secondary N) is 1. The third kappa shape index (κ3) is 2.52. The first-order chi connectivity index (χ1) is 11.7. The van der Waals surface area contributed by atoms with Gasteiger partial charge in [-0.2, -0.15) is 0 Å². The van der Waals surface area contributed by atoms with Crippen molar-refractivity contribution in [3.63, 3.8) is 0 Å². The molecule has 0 aliphatic carbocycles.